The third-order valence-corrected chi connectivity index (χ3v) is 4.92. The monoisotopic (exact) mass is 352 g/mol. The van der Waals surface area contributed by atoms with Gasteiger partial charge >= 0.3 is 5.97 Å². The molecular formula is C19H12O5S. The molecule has 4 rings (SSSR count). The lowest BCUT2D eigenvalue weighted by Crippen LogP contribution is -2.06. The van der Waals surface area contributed by atoms with Crippen molar-refractivity contribution in [3.63, 3.8) is 0 Å². The van der Waals surface area contributed by atoms with Gasteiger partial charge in [0.2, 0.25) is 5.78 Å². The topological polar surface area (TPSA) is 80.7 Å². The van der Waals surface area contributed by atoms with Gasteiger partial charge in [-0.05, 0) is 23.6 Å². The van der Waals surface area contributed by atoms with Crippen molar-refractivity contribution in [1.82, 2.24) is 0 Å². The Kier molecular flexibility index (Phi) is 3.74. The van der Waals surface area contributed by atoms with Gasteiger partial charge in [-0.3, -0.25) is 4.79 Å². The van der Waals surface area contributed by atoms with Crippen LogP contribution in [0.1, 0.15) is 25.8 Å². The Bertz CT molecular complexity index is 1040. The van der Waals surface area contributed by atoms with Crippen LogP contribution in [0.3, 0.4) is 0 Å². The minimum atomic E-state index is -1.06. The van der Waals surface area contributed by atoms with Crippen molar-refractivity contribution in [2.24, 2.45) is 0 Å². The van der Waals surface area contributed by atoms with Gasteiger partial charge in [-0.2, -0.15) is 0 Å². The van der Waals surface area contributed by atoms with Crippen molar-refractivity contribution in [3.05, 3.63) is 70.5 Å². The van der Waals surface area contributed by atoms with Gasteiger partial charge in [0, 0.05) is 27.8 Å². The van der Waals surface area contributed by atoms with Crippen molar-refractivity contribution in [2.75, 3.05) is 0 Å². The summed E-state index contributed by atoms with van der Waals surface area (Å²) in [6, 6.07) is 10.7. The zero-order valence-corrected chi connectivity index (χ0v) is 13.7. The van der Waals surface area contributed by atoms with Crippen LogP contribution in [-0.2, 0) is 6.42 Å². The van der Waals surface area contributed by atoms with Crippen molar-refractivity contribution >= 4 is 34.1 Å². The number of ketones is 1. The summed E-state index contributed by atoms with van der Waals surface area (Å²) in [4.78, 5) is 24.7. The van der Waals surface area contributed by atoms with Gasteiger partial charge in [-0.25, -0.2) is 4.79 Å². The molecule has 0 spiro atoms. The van der Waals surface area contributed by atoms with E-state index in [0.717, 1.165) is 5.39 Å². The fraction of sp³-hybridized carbons (Fsp3) is 0.0526. The Morgan fingerprint density at radius 3 is 2.72 bits per heavy atom. The van der Waals surface area contributed by atoms with Gasteiger partial charge in [0.15, 0.2) is 5.76 Å². The summed E-state index contributed by atoms with van der Waals surface area (Å²) in [6.45, 7) is 0. The molecule has 3 heterocycles. The highest BCUT2D eigenvalue weighted by Gasteiger charge is 2.23. The minimum absolute atomic E-state index is 0.0238. The number of benzene rings is 1. The summed E-state index contributed by atoms with van der Waals surface area (Å²) >= 11 is 1.25. The zero-order valence-electron chi connectivity index (χ0n) is 12.9. The van der Waals surface area contributed by atoms with Crippen LogP contribution < -0.4 is 0 Å². The predicted octanol–water partition coefficient (Wildman–Crippen LogP) is 4.88. The highest BCUT2D eigenvalue weighted by molar-refractivity contribution is 7.11. The molecule has 5 nitrogen and oxygen atoms in total. The van der Waals surface area contributed by atoms with Crippen LogP contribution in [0, 0.1) is 0 Å². The van der Waals surface area contributed by atoms with E-state index >= 15 is 0 Å². The highest BCUT2D eigenvalue weighted by Crippen LogP contribution is 2.33. The molecule has 3 aromatic heterocycles. The molecule has 0 fully saturated rings. The first-order valence-corrected chi connectivity index (χ1v) is 8.39. The first kappa shape index (κ1) is 15.4. The van der Waals surface area contributed by atoms with Gasteiger partial charge in [0.1, 0.15) is 5.58 Å². The van der Waals surface area contributed by atoms with Crippen LogP contribution in [-0.4, -0.2) is 16.9 Å². The van der Waals surface area contributed by atoms with Crippen molar-refractivity contribution in [2.45, 2.75) is 6.42 Å². The predicted molar refractivity (Wildman–Crippen MR) is 93.2 cm³/mol. The largest absolute Gasteiger partial charge is 0.478 e. The molecule has 0 amide bonds. The minimum Gasteiger partial charge on any atom is -0.478 e. The Morgan fingerprint density at radius 1 is 1.16 bits per heavy atom. The van der Waals surface area contributed by atoms with Crippen molar-refractivity contribution in [1.29, 1.82) is 0 Å². The maximum Gasteiger partial charge on any atom is 0.337 e. The van der Waals surface area contributed by atoms with E-state index in [1.54, 1.807) is 23.6 Å². The van der Waals surface area contributed by atoms with Gasteiger partial charge in [-0.15, -0.1) is 11.3 Å². The molecular weight excluding hydrogens is 340 g/mol. The van der Waals surface area contributed by atoms with Crippen molar-refractivity contribution < 1.29 is 23.5 Å². The summed E-state index contributed by atoms with van der Waals surface area (Å²) in [6.07, 6.45) is 2.95. The number of rotatable bonds is 5. The molecule has 0 aliphatic rings. The average molecular weight is 352 g/mol. The maximum absolute atomic E-state index is 12.6. The lowest BCUT2D eigenvalue weighted by atomic mass is 10.0. The number of thiophene rings is 1. The summed E-state index contributed by atoms with van der Waals surface area (Å²) in [5.41, 5.74) is 2.00. The molecule has 0 saturated carbocycles. The number of hydrogen-bond acceptors (Lipinski definition) is 5. The fourth-order valence-corrected chi connectivity index (χ4v) is 3.79. The second kappa shape index (κ2) is 6.07. The number of carbonyl (C=O) groups is 2. The molecule has 0 atom stereocenters. The standard InChI is InChI=1S/C19H12O5S/c20-14(16-7-11-3-1-2-4-15(11)24-16)8-17-18(19(21)22)13(10-25-17)12-5-6-23-9-12/h1-7,9-10H,8H2,(H,21,22). The summed E-state index contributed by atoms with van der Waals surface area (Å²) in [5, 5.41) is 12.1. The summed E-state index contributed by atoms with van der Waals surface area (Å²) in [7, 11) is 0. The molecule has 1 N–H and O–H groups in total. The first-order valence-electron chi connectivity index (χ1n) is 7.51. The van der Waals surface area contributed by atoms with E-state index in [-0.39, 0.29) is 23.5 Å². The van der Waals surface area contributed by atoms with Crippen LogP contribution in [0.4, 0.5) is 0 Å². The number of Topliss-reactive ketones (excluding diaryl/α,β-unsaturated/α-hetero) is 1. The number of hydrogen-bond donors (Lipinski definition) is 1. The number of carboxylic acids is 1. The average Bonchev–Trinajstić information content (AvgIpc) is 3.32. The third-order valence-electron chi connectivity index (χ3n) is 3.93. The lowest BCUT2D eigenvalue weighted by molar-refractivity contribution is 0.0697. The SMILES string of the molecule is O=C(Cc1scc(-c2ccoc2)c1C(=O)O)c1cc2ccccc2o1. The molecule has 0 bridgehead atoms. The van der Waals surface area contributed by atoms with E-state index in [1.807, 2.05) is 18.2 Å². The molecule has 0 radical (unpaired) electrons. The summed E-state index contributed by atoms with van der Waals surface area (Å²) < 4.78 is 10.6. The zero-order chi connectivity index (χ0) is 17.4. The number of aromatic carboxylic acids is 1. The number of furan rings is 2. The number of para-hydroxylation sites is 1. The Balaban J connectivity index is 1.68. The van der Waals surface area contributed by atoms with E-state index in [0.29, 0.717) is 21.6 Å². The third kappa shape index (κ3) is 2.77. The van der Waals surface area contributed by atoms with E-state index in [9.17, 15) is 14.7 Å². The molecule has 0 unspecified atom stereocenters. The fourth-order valence-electron chi connectivity index (χ4n) is 2.74. The second-order valence-electron chi connectivity index (χ2n) is 5.51. The molecule has 6 heteroatoms. The molecule has 0 aliphatic carbocycles. The second-order valence-corrected chi connectivity index (χ2v) is 6.48. The van der Waals surface area contributed by atoms with Crippen LogP contribution in [0.2, 0.25) is 0 Å². The molecule has 0 aliphatic heterocycles. The van der Waals surface area contributed by atoms with Gasteiger partial charge in [0.05, 0.1) is 18.1 Å². The highest BCUT2D eigenvalue weighted by atomic mass is 32.1. The van der Waals surface area contributed by atoms with E-state index in [4.69, 9.17) is 8.83 Å². The van der Waals surface area contributed by atoms with Gasteiger partial charge in [0.25, 0.3) is 0 Å². The maximum atomic E-state index is 12.6. The quantitative estimate of drug-likeness (QED) is 0.518. The smallest absolute Gasteiger partial charge is 0.337 e. The number of fused-ring (bicyclic) bond motifs is 1. The van der Waals surface area contributed by atoms with Crippen LogP contribution in [0.5, 0.6) is 0 Å². The Labute approximate surface area is 146 Å². The van der Waals surface area contributed by atoms with Crippen LogP contribution in [0.15, 0.2) is 63.1 Å². The van der Waals surface area contributed by atoms with E-state index in [2.05, 4.69) is 0 Å². The van der Waals surface area contributed by atoms with Crippen molar-refractivity contribution in [3.8, 4) is 11.1 Å². The lowest BCUT2D eigenvalue weighted by Gasteiger charge is -2.01. The van der Waals surface area contributed by atoms with E-state index in [1.165, 1.54) is 23.9 Å². The molecule has 124 valence electrons. The molecule has 1 aromatic carbocycles. The Hall–Kier alpha value is -3.12. The normalized spacial score (nSPS) is 11.0. The first-order chi connectivity index (χ1) is 12.1. The molecule has 0 saturated heterocycles. The molecule has 25 heavy (non-hydrogen) atoms. The Morgan fingerprint density at radius 2 is 2.00 bits per heavy atom. The molecule has 4 aromatic rings. The van der Waals surface area contributed by atoms with E-state index < -0.39 is 5.97 Å². The van der Waals surface area contributed by atoms with Gasteiger partial charge in [-0.1, -0.05) is 18.2 Å². The number of carboxylic acid groups (broad SMARTS) is 1. The van der Waals surface area contributed by atoms with Crippen LogP contribution >= 0.6 is 11.3 Å². The summed E-state index contributed by atoms with van der Waals surface area (Å²) in [5.74, 6) is -1.08. The van der Waals surface area contributed by atoms with Gasteiger partial charge < -0.3 is 13.9 Å². The van der Waals surface area contributed by atoms with Crippen LogP contribution in [0.25, 0.3) is 22.1 Å². The number of carbonyl (C=O) groups excluding carboxylic acids is 1.